The Kier molecular flexibility index (Phi) is 10.7. The van der Waals surface area contributed by atoms with Crippen molar-refractivity contribution in [2.24, 2.45) is 0 Å². The molecule has 74 heavy (non-hydrogen) atoms. The van der Waals surface area contributed by atoms with Gasteiger partial charge >= 0.3 is 0 Å². The van der Waals surface area contributed by atoms with Gasteiger partial charge in [0.25, 0.3) is 0 Å². The largest absolute Gasteiger partial charge is 0.309 e. The van der Waals surface area contributed by atoms with Crippen LogP contribution in [0.1, 0.15) is 33.4 Å². The molecule has 0 radical (unpaired) electrons. The first-order valence-corrected chi connectivity index (χ1v) is 25.4. The van der Waals surface area contributed by atoms with E-state index in [9.17, 15) is 0 Å². The number of hydrogen-bond acceptors (Lipinski definition) is 4. The van der Waals surface area contributed by atoms with E-state index in [2.05, 4.69) is 208 Å². The van der Waals surface area contributed by atoms with Crippen LogP contribution in [-0.2, 0) is 0 Å². The molecule has 9 aromatic carbocycles. The van der Waals surface area contributed by atoms with Gasteiger partial charge in [-0.25, -0.2) is 15.0 Å². The normalized spacial score (nSPS) is 11.6. The predicted molar refractivity (Wildman–Crippen MR) is 307 cm³/mol. The Morgan fingerprint density at radius 3 is 1.23 bits per heavy atom. The highest BCUT2D eigenvalue weighted by molar-refractivity contribution is 6.13. The number of hydrogen-bond donors (Lipinski definition) is 0. The second-order valence-corrected chi connectivity index (χ2v) is 19.9. The Balaban J connectivity index is 1.09. The van der Waals surface area contributed by atoms with E-state index in [4.69, 9.17) is 19.9 Å². The Labute approximate surface area is 431 Å². The monoisotopic (exact) mass is 952 g/mol. The van der Waals surface area contributed by atoms with Crippen LogP contribution in [0.15, 0.2) is 207 Å². The van der Waals surface area contributed by atoms with E-state index < -0.39 is 0 Å². The summed E-state index contributed by atoms with van der Waals surface area (Å²) in [5, 5.41) is 4.74. The van der Waals surface area contributed by atoms with E-state index in [0.29, 0.717) is 17.5 Å². The van der Waals surface area contributed by atoms with Gasteiger partial charge in [0, 0.05) is 55.6 Å². The lowest BCUT2D eigenvalue weighted by atomic mass is 9.93. The molecule has 0 fully saturated rings. The van der Waals surface area contributed by atoms with Crippen LogP contribution < -0.4 is 0 Å². The van der Waals surface area contributed by atoms with Crippen molar-refractivity contribution in [1.82, 2.24) is 29.1 Å². The maximum Gasteiger partial charge on any atom is 0.164 e. The maximum atomic E-state index is 5.24. The minimum absolute atomic E-state index is 0.586. The molecule has 13 rings (SSSR count). The van der Waals surface area contributed by atoms with E-state index >= 15 is 0 Å². The number of para-hydroxylation sites is 2. The van der Waals surface area contributed by atoms with Crippen LogP contribution in [0.5, 0.6) is 0 Å². The standard InChI is InChI=1S/C68H52N6/c1-41-33-43(3)64(44(4)34-41)49-25-28-60-55(37-49)52-21-13-15-23-58(52)73(60)61-30-27-51(68-71-66(47-17-9-7-10-18-47)70-67(72-68)48-19-11-8-12-20-48)39-57(61)54-31-32-69-40-63(54)74-59-24-16-14-22-53(59)56-38-50(26-29-62(56)74)65-45(5)35-42(2)36-46(65)6/h7-40H,1-6H3. The fourth-order valence-electron chi connectivity index (χ4n) is 11.9. The molecule has 0 unspecified atom stereocenters. The van der Waals surface area contributed by atoms with Gasteiger partial charge in [-0.2, -0.15) is 0 Å². The van der Waals surface area contributed by atoms with Crippen molar-refractivity contribution in [3.63, 3.8) is 0 Å². The molecule has 0 saturated carbocycles. The number of benzene rings is 9. The molecule has 6 heteroatoms. The average molecular weight is 953 g/mol. The molecule has 0 aliphatic rings. The van der Waals surface area contributed by atoms with Gasteiger partial charge in [0.2, 0.25) is 0 Å². The van der Waals surface area contributed by atoms with Gasteiger partial charge in [-0.1, -0.05) is 145 Å². The summed E-state index contributed by atoms with van der Waals surface area (Å²) in [5.41, 5.74) is 23.8. The first-order valence-electron chi connectivity index (χ1n) is 25.4. The van der Waals surface area contributed by atoms with Crippen molar-refractivity contribution in [1.29, 1.82) is 0 Å². The summed E-state index contributed by atoms with van der Waals surface area (Å²) in [4.78, 5) is 20.4. The molecule has 6 nitrogen and oxygen atoms in total. The van der Waals surface area contributed by atoms with Crippen molar-refractivity contribution in [2.45, 2.75) is 41.5 Å². The third kappa shape index (κ3) is 7.49. The van der Waals surface area contributed by atoms with E-state index in [1.165, 1.54) is 77.2 Å². The van der Waals surface area contributed by atoms with E-state index in [-0.39, 0.29) is 0 Å². The molecule has 0 aliphatic carbocycles. The second kappa shape index (κ2) is 17.8. The smallest absolute Gasteiger partial charge is 0.164 e. The van der Waals surface area contributed by atoms with E-state index in [1.807, 2.05) is 48.8 Å². The lowest BCUT2D eigenvalue weighted by Gasteiger charge is -2.19. The molecule has 4 aromatic heterocycles. The predicted octanol–water partition coefficient (Wildman–Crippen LogP) is 17.3. The highest BCUT2D eigenvalue weighted by Gasteiger charge is 2.24. The van der Waals surface area contributed by atoms with Crippen LogP contribution in [-0.4, -0.2) is 29.1 Å². The Morgan fingerprint density at radius 1 is 0.311 bits per heavy atom. The average Bonchev–Trinajstić information content (AvgIpc) is 3.93. The van der Waals surface area contributed by atoms with E-state index in [1.54, 1.807) is 0 Å². The van der Waals surface area contributed by atoms with Crippen LogP contribution in [0.2, 0.25) is 0 Å². The summed E-state index contributed by atoms with van der Waals surface area (Å²) < 4.78 is 4.84. The lowest BCUT2D eigenvalue weighted by molar-refractivity contribution is 1.07. The van der Waals surface area contributed by atoms with Crippen molar-refractivity contribution in [3.8, 4) is 78.9 Å². The minimum Gasteiger partial charge on any atom is -0.309 e. The maximum absolute atomic E-state index is 5.24. The molecule has 0 aliphatic heterocycles. The molecule has 13 aromatic rings. The topological polar surface area (TPSA) is 61.4 Å². The molecule has 0 atom stereocenters. The Morgan fingerprint density at radius 2 is 0.730 bits per heavy atom. The third-order valence-corrected chi connectivity index (χ3v) is 14.8. The van der Waals surface area contributed by atoms with Crippen molar-refractivity contribution in [3.05, 3.63) is 240 Å². The summed E-state index contributed by atoms with van der Waals surface area (Å²) in [6, 6.07) is 69.8. The quantitative estimate of drug-likeness (QED) is 0.152. The van der Waals surface area contributed by atoms with Crippen LogP contribution in [0, 0.1) is 41.5 Å². The SMILES string of the molecule is Cc1cc(C)c(-c2ccc3c(c2)c2ccccc2n3-c2ccc(-c3nc(-c4ccccc4)nc(-c4ccccc4)n3)cc2-c2ccncc2-n2c3ccccc3c3cc(-c4c(C)cc(C)cc4C)ccc32)c(C)c1. The second-order valence-electron chi connectivity index (χ2n) is 19.9. The summed E-state index contributed by atoms with van der Waals surface area (Å²) >= 11 is 0. The highest BCUT2D eigenvalue weighted by atomic mass is 15.0. The van der Waals surface area contributed by atoms with Crippen LogP contribution in [0.25, 0.3) is 123 Å². The summed E-state index contributed by atoms with van der Waals surface area (Å²) in [6.45, 7) is 13.2. The zero-order valence-electron chi connectivity index (χ0n) is 42.3. The first-order chi connectivity index (χ1) is 36.2. The summed E-state index contributed by atoms with van der Waals surface area (Å²) in [6.07, 6.45) is 3.94. The minimum atomic E-state index is 0.586. The summed E-state index contributed by atoms with van der Waals surface area (Å²) in [5.74, 6) is 1.81. The van der Waals surface area contributed by atoms with Gasteiger partial charge < -0.3 is 9.13 Å². The van der Waals surface area contributed by atoms with Gasteiger partial charge in [-0.3, -0.25) is 4.98 Å². The number of aromatic nitrogens is 6. The summed E-state index contributed by atoms with van der Waals surface area (Å²) in [7, 11) is 0. The Hall–Kier alpha value is -9.26. The molecular weight excluding hydrogens is 901 g/mol. The van der Waals surface area contributed by atoms with Crippen LogP contribution in [0.3, 0.4) is 0 Å². The number of pyridine rings is 1. The fraction of sp³-hybridized carbons (Fsp3) is 0.0882. The molecule has 0 bridgehead atoms. The van der Waals surface area contributed by atoms with Crippen molar-refractivity contribution in [2.75, 3.05) is 0 Å². The number of aryl methyl sites for hydroxylation is 6. The van der Waals surface area contributed by atoms with Gasteiger partial charge in [0.05, 0.1) is 39.6 Å². The number of nitrogens with zero attached hydrogens (tertiary/aromatic N) is 6. The molecule has 354 valence electrons. The molecule has 0 saturated heterocycles. The molecular formula is C68H52N6. The molecule has 0 N–H and O–H groups in total. The van der Waals surface area contributed by atoms with Crippen molar-refractivity contribution < 1.29 is 0 Å². The van der Waals surface area contributed by atoms with Gasteiger partial charge in [0.1, 0.15) is 0 Å². The first kappa shape index (κ1) is 44.7. The number of rotatable bonds is 8. The fourth-order valence-corrected chi connectivity index (χ4v) is 11.9. The molecule has 0 amide bonds. The molecule has 4 heterocycles. The van der Waals surface area contributed by atoms with Crippen molar-refractivity contribution >= 4 is 43.6 Å². The van der Waals surface area contributed by atoms with Gasteiger partial charge in [-0.15, -0.1) is 0 Å². The zero-order chi connectivity index (χ0) is 50.2. The number of fused-ring (bicyclic) bond motifs is 6. The lowest BCUT2D eigenvalue weighted by Crippen LogP contribution is -2.04. The third-order valence-electron chi connectivity index (χ3n) is 14.8. The van der Waals surface area contributed by atoms with E-state index in [0.717, 1.165) is 61.3 Å². The Bertz CT molecular complexity index is 4270. The zero-order valence-corrected chi connectivity index (χ0v) is 42.3. The highest BCUT2D eigenvalue weighted by Crippen LogP contribution is 2.44. The van der Waals surface area contributed by atoms with Gasteiger partial charge in [0.15, 0.2) is 17.5 Å². The molecule has 0 spiro atoms. The van der Waals surface area contributed by atoms with Crippen LogP contribution in [0.4, 0.5) is 0 Å². The van der Waals surface area contributed by atoms with Crippen LogP contribution >= 0.6 is 0 Å². The van der Waals surface area contributed by atoms with Gasteiger partial charge in [-0.05, 0) is 147 Å².